The molecule has 0 saturated carbocycles. The maximum absolute atomic E-state index is 12.8. The van der Waals surface area contributed by atoms with Crippen LogP contribution in [0.25, 0.3) is 21.8 Å². The molecule has 0 atom stereocenters. The summed E-state index contributed by atoms with van der Waals surface area (Å²) in [5.41, 5.74) is 4.62. The molecule has 2 aromatic carbocycles. The van der Waals surface area contributed by atoms with Crippen LogP contribution in [-0.4, -0.2) is 27.8 Å². The number of pyridine rings is 1. The van der Waals surface area contributed by atoms with Crippen LogP contribution < -0.4 is 5.32 Å². The average Bonchev–Trinajstić information content (AvgIpc) is 3.21. The van der Waals surface area contributed by atoms with Crippen LogP contribution in [0.4, 0.5) is 0 Å². The minimum atomic E-state index is -0.224. The smallest absolute Gasteiger partial charge is 0.251 e. The molecular formula is C25H21Cl2N5O. The number of nitrogens with one attached hydrogen (secondary N) is 2. The monoisotopic (exact) mass is 477 g/mol. The third kappa shape index (κ3) is 5.30. The molecular weight excluding hydrogens is 457 g/mol. The number of hydrogen-bond acceptors (Lipinski definition) is 4. The van der Waals surface area contributed by atoms with E-state index in [2.05, 4.69) is 32.2 Å². The number of aromatic amines is 1. The Kier molecular flexibility index (Phi) is 6.87. The Labute approximate surface area is 201 Å². The Morgan fingerprint density at radius 2 is 1.97 bits per heavy atom. The zero-order valence-corrected chi connectivity index (χ0v) is 19.4. The van der Waals surface area contributed by atoms with Crippen molar-refractivity contribution in [1.82, 2.24) is 20.5 Å². The van der Waals surface area contributed by atoms with Crippen molar-refractivity contribution < 1.29 is 4.79 Å². The normalized spacial score (nSPS) is 12.3. The van der Waals surface area contributed by atoms with Gasteiger partial charge < -0.3 is 5.32 Å². The summed E-state index contributed by atoms with van der Waals surface area (Å²) in [6.45, 7) is 5.77. The number of allylic oxidation sites excluding steroid dienone is 2. The van der Waals surface area contributed by atoms with E-state index < -0.39 is 0 Å². The standard InChI is InChI=1S/C25H21Cl2N5O/c1-3-16(25(33)30-14-24-21-12-18(26)5-7-23(21)31-32-24)11-20(28-2)9-15-4-6-22-17(8-15)10-19(27)13-29-22/h3-8,10-13H,2,9,14H2,1H3,(H,30,33)(H,31,32)/b16-3+,20-11-. The molecule has 6 nitrogen and oxygen atoms in total. The van der Waals surface area contributed by atoms with E-state index in [9.17, 15) is 4.79 Å². The SMILES string of the molecule is C=N/C(=C\C(=C/C)C(=O)NCc1[nH]nc2ccc(Cl)cc12)Cc1ccc2ncc(Cl)cc2c1. The van der Waals surface area contributed by atoms with Crippen LogP contribution in [0.1, 0.15) is 18.2 Å². The molecule has 2 N–H and O–H groups in total. The lowest BCUT2D eigenvalue weighted by atomic mass is 10.0. The molecule has 0 bridgehead atoms. The van der Waals surface area contributed by atoms with Gasteiger partial charge in [-0.1, -0.05) is 35.3 Å². The second-order valence-electron chi connectivity index (χ2n) is 7.44. The molecule has 2 aromatic heterocycles. The topological polar surface area (TPSA) is 83.0 Å². The van der Waals surface area contributed by atoms with Crippen molar-refractivity contribution in [2.75, 3.05) is 0 Å². The summed E-state index contributed by atoms with van der Waals surface area (Å²) in [7, 11) is 0. The summed E-state index contributed by atoms with van der Waals surface area (Å²) >= 11 is 12.2. The van der Waals surface area contributed by atoms with Gasteiger partial charge in [-0.3, -0.25) is 19.9 Å². The lowest BCUT2D eigenvalue weighted by Gasteiger charge is -2.08. The van der Waals surface area contributed by atoms with E-state index in [1.807, 2.05) is 36.4 Å². The van der Waals surface area contributed by atoms with Crippen LogP contribution >= 0.6 is 23.2 Å². The van der Waals surface area contributed by atoms with Crippen LogP contribution in [0, 0.1) is 0 Å². The first-order chi connectivity index (χ1) is 16.0. The summed E-state index contributed by atoms with van der Waals surface area (Å²) in [6.07, 6.45) is 5.62. The van der Waals surface area contributed by atoms with Crippen LogP contribution in [0.3, 0.4) is 0 Å². The van der Waals surface area contributed by atoms with E-state index in [1.165, 1.54) is 0 Å². The van der Waals surface area contributed by atoms with Crippen LogP contribution in [0.15, 0.2) is 77.1 Å². The van der Waals surface area contributed by atoms with Crippen molar-refractivity contribution in [2.24, 2.45) is 4.99 Å². The minimum Gasteiger partial charge on any atom is -0.346 e. The number of hydrogen-bond donors (Lipinski definition) is 2. The summed E-state index contributed by atoms with van der Waals surface area (Å²) in [4.78, 5) is 21.3. The largest absolute Gasteiger partial charge is 0.346 e. The number of carbonyl (C=O) groups is 1. The highest BCUT2D eigenvalue weighted by Crippen LogP contribution is 2.22. The lowest BCUT2D eigenvalue weighted by molar-refractivity contribution is -0.117. The molecule has 0 aliphatic carbocycles. The van der Waals surface area contributed by atoms with Gasteiger partial charge in [0.25, 0.3) is 5.91 Å². The van der Waals surface area contributed by atoms with Crippen LogP contribution in [0.5, 0.6) is 0 Å². The van der Waals surface area contributed by atoms with Crippen molar-refractivity contribution in [2.45, 2.75) is 19.9 Å². The van der Waals surface area contributed by atoms with Gasteiger partial charge in [-0.2, -0.15) is 5.10 Å². The third-order valence-electron chi connectivity index (χ3n) is 5.22. The highest BCUT2D eigenvalue weighted by atomic mass is 35.5. The first kappa shape index (κ1) is 22.7. The second-order valence-corrected chi connectivity index (χ2v) is 8.31. The summed E-state index contributed by atoms with van der Waals surface area (Å²) < 4.78 is 0. The van der Waals surface area contributed by atoms with Gasteiger partial charge in [0.05, 0.1) is 28.3 Å². The number of H-pyrrole nitrogens is 1. The zero-order valence-electron chi connectivity index (χ0n) is 17.9. The van der Waals surface area contributed by atoms with Gasteiger partial charge in [0.15, 0.2) is 0 Å². The maximum Gasteiger partial charge on any atom is 0.251 e. The number of fused-ring (bicyclic) bond motifs is 2. The van der Waals surface area contributed by atoms with Gasteiger partial charge >= 0.3 is 0 Å². The van der Waals surface area contributed by atoms with Crippen molar-refractivity contribution in [1.29, 1.82) is 0 Å². The molecule has 0 radical (unpaired) electrons. The lowest BCUT2D eigenvalue weighted by Crippen LogP contribution is -2.24. The predicted octanol–water partition coefficient (Wildman–Crippen LogP) is 5.81. The zero-order chi connectivity index (χ0) is 23.4. The van der Waals surface area contributed by atoms with Crippen LogP contribution in [-0.2, 0) is 17.8 Å². The molecule has 166 valence electrons. The maximum atomic E-state index is 12.8. The van der Waals surface area contributed by atoms with E-state index in [1.54, 1.807) is 31.3 Å². The molecule has 8 heteroatoms. The number of aromatic nitrogens is 3. The first-order valence-corrected chi connectivity index (χ1v) is 11.0. The molecule has 0 unspecified atom stereocenters. The molecule has 0 spiro atoms. The molecule has 0 aliphatic rings. The van der Waals surface area contributed by atoms with Gasteiger partial charge in [-0.05, 0) is 61.7 Å². The highest BCUT2D eigenvalue weighted by molar-refractivity contribution is 6.31. The van der Waals surface area contributed by atoms with Gasteiger partial charge in [0.1, 0.15) is 0 Å². The number of carbonyl (C=O) groups excluding carboxylic acids is 1. The fourth-order valence-corrected chi connectivity index (χ4v) is 3.86. The first-order valence-electron chi connectivity index (χ1n) is 10.3. The van der Waals surface area contributed by atoms with Gasteiger partial charge in [0, 0.05) is 39.7 Å². The molecule has 0 fully saturated rings. The number of halogens is 2. The second kappa shape index (κ2) is 9.98. The fraction of sp³-hybridized carbons (Fsp3) is 0.120. The average molecular weight is 478 g/mol. The Morgan fingerprint density at radius 1 is 1.15 bits per heavy atom. The molecule has 1 amide bonds. The van der Waals surface area contributed by atoms with Crippen molar-refractivity contribution in [3.63, 3.8) is 0 Å². The summed E-state index contributed by atoms with van der Waals surface area (Å²) in [6, 6.07) is 13.2. The van der Waals surface area contributed by atoms with Gasteiger partial charge in [-0.25, -0.2) is 0 Å². The quantitative estimate of drug-likeness (QED) is 0.200. The molecule has 4 rings (SSSR count). The van der Waals surface area contributed by atoms with Crippen molar-refractivity contribution >= 4 is 57.6 Å². The van der Waals surface area contributed by atoms with E-state index >= 15 is 0 Å². The number of benzene rings is 2. The number of rotatable bonds is 7. The molecule has 0 aliphatic heterocycles. The predicted molar refractivity (Wildman–Crippen MR) is 135 cm³/mol. The van der Waals surface area contributed by atoms with E-state index in [0.29, 0.717) is 27.7 Å². The molecule has 4 aromatic rings. The number of nitrogens with zero attached hydrogens (tertiary/aromatic N) is 3. The molecule has 2 heterocycles. The van der Waals surface area contributed by atoms with Gasteiger partial charge in [-0.15, -0.1) is 0 Å². The summed E-state index contributed by atoms with van der Waals surface area (Å²) in [5.74, 6) is -0.224. The van der Waals surface area contributed by atoms with E-state index in [0.717, 1.165) is 33.1 Å². The summed E-state index contributed by atoms with van der Waals surface area (Å²) in [5, 5.41) is 13.1. The van der Waals surface area contributed by atoms with Crippen molar-refractivity contribution in [3.05, 3.63) is 93.4 Å². The highest BCUT2D eigenvalue weighted by Gasteiger charge is 2.11. The Balaban J connectivity index is 1.48. The van der Waals surface area contributed by atoms with Crippen molar-refractivity contribution in [3.8, 4) is 0 Å². The van der Waals surface area contributed by atoms with Gasteiger partial charge in [0.2, 0.25) is 0 Å². The number of aliphatic imine (C=N–C) groups is 1. The van der Waals surface area contributed by atoms with Crippen LogP contribution in [0.2, 0.25) is 10.0 Å². The molecule has 0 saturated heterocycles. The Hall–Kier alpha value is -3.48. The minimum absolute atomic E-state index is 0.224. The Morgan fingerprint density at radius 3 is 2.76 bits per heavy atom. The third-order valence-corrected chi connectivity index (χ3v) is 5.66. The fourth-order valence-electron chi connectivity index (χ4n) is 3.53. The number of amides is 1. The van der Waals surface area contributed by atoms with E-state index in [-0.39, 0.29) is 12.5 Å². The van der Waals surface area contributed by atoms with E-state index in [4.69, 9.17) is 23.2 Å². The Bertz CT molecular complexity index is 1420. The molecule has 33 heavy (non-hydrogen) atoms.